The molecule has 5 heteroatoms. The average Bonchev–Trinajstić information content (AvgIpc) is 2.60. The Balaban J connectivity index is 1.98. The van der Waals surface area contributed by atoms with Crippen molar-refractivity contribution in [3.63, 3.8) is 0 Å². The molecule has 1 heterocycles. The van der Waals surface area contributed by atoms with Gasteiger partial charge in [-0.15, -0.1) is 0 Å². The zero-order chi connectivity index (χ0) is 17.8. The zero-order valence-electron chi connectivity index (χ0n) is 13.7. The first-order valence-corrected chi connectivity index (χ1v) is 7.65. The maximum Gasteiger partial charge on any atom is 0.338 e. The number of carbonyl (C=O) groups excluding carboxylic acids is 1. The molecule has 25 heavy (non-hydrogen) atoms. The van der Waals surface area contributed by atoms with Crippen LogP contribution in [0.15, 0.2) is 76.0 Å². The third-order valence-electron chi connectivity index (χ3n) is 3.47. The molecule has 0 saturated carbocycles. The molecule has 0 aliphatic carbocycles. The van der Waals surface area contributed by atoms with E-state index in [1.807, 2.05) is 30.3 Å². The van der Waals surface area contributed by atoms with Crippen LogP contribution in [0.25, 0.3) is 11.0 Å². The van der Waals surface area contributed by atoms with E-state index in [0.717, 1.165) is 5.56 Å². The molecule has 0 amide bonds. The van der Waals surface area contributed by atoms with Gasteiger partial charge in [-0.2, -0.15) is 0 Å². The van der Waals surface area contributed by atoms with Crippen LogP contribution in [0.2, 0.25) is 0 Å². The predicted molar refractivity (Wildman–Crippen MR) is 93.7 cm³/mol. The Morgan fingerprint density at radius 2 is 1.84 bits per heavy atom. The summed E-state index contributed by atoms with van der Waals surface area (Å²) in [6, 6.07) is 15.6. The van der Waals surface area contributed by atoms with Crippen molar-refractivity contribution in [3.05, 3.63) is 82.7 Å². The minimum Gasteiger partial charge on any atom is -0.485 e. The number of benzene rings is 2. The summed E-state index contributed by atoms with van der Waals surface area (Å²) in [6.45, 7) is 5.41. The van der Waals surface area contributed by atoms with E-state index in [1.165, 1.54) is 6.07 Å². The van der Waals surface area contributed by atoms with Crippen LogP contribution in [0.4, 0.5) is 0 Å². The van der Waals surface area contributed by atoms with Gasteiger partial charge in [0.1, 0.15) is 12.2 Å². The van der Waals surface area contributed by atoms with Crippen molar-refractivity contribution in [1.82, 2.24) is 0 Å². The van der Waals surface area contributed by atoms with E-state index in [1.54, 1.807) is 25.1 Å². The summed E-state index contributed by atoms with van der Waals surface area (Å²) in [5, 5.41) is 0.621. The van der Waals surface area contributed by atoms with Gasteiger partial charge >= 0.3 is 11.6 Å². The van der Waals surface area contributed by atoms with E-state index >= 15 is 0 Å². The lowest BCUT2D eigenvalue weighted by atomic mass is 10.2. The summed E-state index contributed by atoms with van der Waals surface area (Å²) in [6.07, 6.45) is 0. The molecule has 3 aromatic rings. The lowest BCUT2D eigenvalue weighted by Gasteiger charge is -2.12. The molecule has 2 aromatic carbocycles. The highest BCUT2D eigenvalue weighted by Crippen LogP contribution is 2.33. The van der Waals surface area contributed by atoms with Crippen LogP contribution in [0, 0.1) is 0 Å². The van der Waals surface area contributed by atoms with Crippen LogP contribution in [0.1, 0.15) is 12.5 Å². The average molecular weight is 336 g/mol. The van der Waals surface area contributed by atoms with E-state index < -0.39 is 11.6 Å². The molecule has 1 aromatic heterocycles. The molecule has 0 unspecified atom stereocenters. The van der Waals surface area contributed by atoms with Crippen molar-refractivity contribution in [2.45, 2.75) is 13.5 Å². The van der Waals surface area contributed by atoms with Gasteiger partial charge in [0, 0.05) is 23.1 Å². The van der Waals surface area contributed by atoms with Gasteiger partial charge in [-0.25, -0.2) is 9.59 Å². The fourth-order valence-electron chi connectivity index (χ4n) is 2.19. The number of fused-ring (bicyclic) bond motifs is 1. The first-order valence-electron chi connectivity index (χ1n) is 7.65. The number of carbonyl (C=O) groups is 1. The first kappa shape index (κ1) is 16.5. The summed E-state index contributed by atoms with van der Waals surface area (Å²) < 4.78 is 16.3. The van der Waals surface area contributed by atoms with Gasteiger partial charge < -0.3 is 13.9 Å². The normalized spacial score (nSPS) is 10.4. The van der Waals surface area contributed by atoms with Crippen molar-refractivity contribution in [1.29, 1.82) is 0 Å². The number of ether oxygens (including phenoxy) is 2. The topological polar surface area (TPSA) is 65.7 Å². The molecule has 0 fully saturated rings. The van der Waals surface area contributed by atoms with Gasteiger partial charge in [0.15, 0.2) is 11.5 Å². The van der Waals surface area contributed by atoms with Gasteiger partial charge in [0.25, 0.3) is 0 Å². The van der Waals surface area contributed by atoms with Crippen LogP contribution in [-0.2, 0) is 11.4 Å². The third-order valence-corrected chi connectivity index (χ3v) is 3.47. The molecular weight excluding hydrogens is 320 g/mol. The van der Waals surface area contributed by atoms with E-state index in [4.69, 9.17) is 13.9 Å². The number of esters is 1. The lowest BCUT2D eigenvalue weighted by Crippen LogP contribution is -2.09. The molecule has 3 rings (SSSR count). The molecule has 0 radical (unpaired) electrons. The standard InChI is InChI=1S/C20H16O5/c1-13(2)20(22)25-18-10-15-8-9-19(21)24-16(15)11-17(18)23-12-14-6-4-3-5-7-14/h3-11H,1,12H2,2H3. The van der Waals surface area contributed by atoms with Crippen LogP contribution in [0.3, 0.4) is 0 Å². The molecule has 0 bridgehead atoms. The van der Waals surface area contributed by atoms with Gasteiger partial charge in [-0.1, -0.05) is 36.9 Å². The van der Waals surface area contributed by atoms with Crippen molar-refractivity contribution < 1.29 is 18.7 Å². The Kier molecular flexibility index (Phi) is 4.66. The maximum absolute atomic E-state index is 11.9. The summed E-state index contributed by atoms with van der Waals surface area (Å²) in [5.74, 6) is -0.00752. The SMILES string of the molecule is C=C(C)C(=O)Oc1cc2ccc(=O)oc2cc1OCc1ccccc1. The van der Waals surface area contributed by atoms with Gasteiger partial charge in [-0.3, -0.25) is 0 Å². The van der Waals surface area contributed by atoms with Crippen molar-refractivity contribution in [3.8, 4) is 11.5 Å². The highest BCUT2D eigenvalue weighted by Gasteiger charge is 2.14. The summed E-state index contributed by atoms with van der Waals surface area (Å²) in [5.41, 5.74) is 1.11. The number of hydrogen-bond acceptors (Lipinski definition) is 5. The molecular formula is C20H16O5. The van der Waals surface area contributed by atoms with Crippen molar-refractivity contribution in [2.75, 3.05) is 0 Å². The quantitative estimate of drug-likeness (QED) is 0.306. The first-order chi connectivity index (χ1) is 12.0. The second kappa shape index (κ2) is 7.05. The van der Waals surface area contributed by atoms with E-state index in [2.05, 4.69) is 6.58 Å². The smallest absolute Gasteiger partial charge is 0.338 e. The molecule has 0 aliphatic heterocycles. The molecule has 0 aliphatic rings. The second-order valence-electron chi connectivity index (χ2n) is 5.54. The third kappa shape index (κ3) is 3.95. The summed E-state index contributed by atoms with van der Waals surface area (Å²) in [4.78, 5) is 23.3. The van der Waals surface area contributed by atoms with Gasteiger partial charge in [-0.05, 0) is 24.6 Å². The Morgan fingerprint density at radius 3 is 2.56 bits per heavy atom. The van der Waals surface area contributed by atoms with Crippen LogP contribution < -0.4 is 15.1 Å². The van der Waals surface area contributed by atoms with Crippen LogP contribution in [0.5, 0.6) is 11.5 Å². The number of rotatable bonds is 5. The fraction of sp³-hybridized carbons (Fsp3) is 0.100. The largest absolute Gasteiger partial charge is 0.485 e. The fourth-order valence-corrected chi connectivity index (χ4v) is 2.19. The van der Waals surface area contributed by atoms with Gasteiger partial charge in [0.2, 0.25) is 0 Å². The zero-order valence-corrected chi connectivity index (χ0v) is 13.7. The van der Waals surface area contributed by atoms with Crippen molar-refractivity contribution in [2.24, 2.45) is 0 Å². The Morgan fingerprint density at radius 1 is 1.08 bits per heavy atom. The predicted octanol–water partition coefficient (Wildman–Crippen LogP) is 3.85. The molecule has 5 nitrogen and oxygen atoms in total. The van der Waals surface area contributed by atoms with Crippen LogP contribution >= 0.6 is 0 Å². The lowest BCUT2D eigenvalue weighted by molar-refractivity contribution is -0.130. The van der Waals surface area contributed by atoms with E-state index in [-0.39, 0.29) is 17.9 Å². The van der Waals surface area contributed by atoms with E-state index in [0.29, 0.717) is 16.7 Å². The molecule has 0 atom stereocenters. The Bertz CT molecular complexity index is 986. The Labute approximate surface area is 144 Å². The van der Waals surface area contributed by atoms with E-state index in [9.17, 15) is 9.59 Å². The summed E-state index contributed by atoms with van der Waals surface area (Å²) >= 11 is 0. The minimum absolute atomic E-state index is 0.241. The monoisotopic (exact) mass is 336 g/mol. The highest BCUT2D eigenvalue weighted by atomic mass is 16.6. The maximum atomic E-state index is 11.9. The van der Waals surface area contributed by atoms with Crippen molar-refractivity contribution >= 4 is 16.9 Å². The molecule has 0 spiro atoms. The Hall–Kier alpha value is -3.34. The minimum atomic E-state index is -0.554. The second-order valence-corrected chi connectivity index (χ2v) is 5.54. The number of hydrogen-bond donors (Lipinski definition) is 0. The molecule has 0 N–H and O–H groups in total. The molecule has 0 saturated heterocycles. The van der Waals surface area contributed by atoms with Crippen LogP contribution in [-0.4, -0.2) is 5.97 Å². The molecule has 126 valence electrons. The highest BCUT2D eigenvalue weighted by molar-refractivity contribution is 5.90. The summed E-state index contributed by atoms with van der Waals surface area (Å²) in [7, 11) is 0. The van der Waals surface area contributed by atoms with Gasteiger partial charge in [0.05, 0.1) is 0 Å².